The van der Waals surface area contributed by atoms with Gasteiger partial charge in [0.25, 0.3) is 0 Å². The van der Waals surface area contributed by atoms with Gasteiger partial charge in [-0.15, -0.1) is 0 Å². The Morgan fingerprint density at radius 2 is 1.02 bits per heavy atom. The molecule has 6 rings (SSSR count). The Kier molecular flexibility index (Phi) is 8.49. The maximum absolute atomic E-state index is 5.97. The number of hydrogen-bond acceptors (Lipinski definition) is 4. The van der Waals surface area contributed by atoms with Crippen LogP contribution in [0, 0.1) is 0 Å². The summed E-state index contributed by atoms with van der Waals surface area (Å²) in [6.07, 6.45) is 0. The van der Waals surface area contributed by atoms with Crippen molar-refractivity contribution in [2.75, 3.05) is 0 Å². The predicted octanol–water partition coefficient (Wildman–Crippen LogP) is 3.37. The van der Waals surface area contributed by atoms with E-state index in [1.54, 1.807) is 9.59 Å². The molecule has 40 heavy (non-hydrogen) atoms. The van der Waals surface area contributed by atoms with Crippen LogP contribution in [0.25, 0.3) is 22.8 Å². The van der Waals surface area contributed by atoms with Crippen LogP contribution in [0.4, 0.5) is 0 Å². The number of tetrazole rings is 1. The average Bonchev–Trinajstić information content (AvgIpc) is 3.47. The number of halogens is 1. The second kappa shape index (κ2) is 12.7. The molecule has 198 valence electrons. The minimum atomic E-state index is 0. The van der Waals surface area contributed by atoms with E-state index in [0.29, 0.717) is 19.0 Å². The van der Waals surface area contributed by atoms with Gasteiger partial charge in [-0.1, -0.05) is 78.9 Å². The zero-order chi connectivity index (χ0) is 26.3. The Bertz CT molecular complexity index is 1620. The number of para-hydroxylation sites is 1. The van der Waals surface area contributed by atoms with Gasteiger partial charge in [-0.2, -0.15) is 0 Å². The van der Waals surface area contributed by atoms with Crippen molar-refractivity contribution < 1.29 is 26.7 Å². The molecule has 0 fully saturated rings. The van der Waals surface area contributed by atoms with Crippen molar-refractivity contribution in [3.8, 4) is 34.3 Å². The van der Waals surface area contributed by atoms with Crippen molar-refractivity contribution in [3.05, 3.63) is 151 Å². The summed E-state index contributed by atoms with van der Waals surface area (Å²) in [5.41, 5.74) is 4.92. The van der Waals surface area contributed by atoms with E-state index in [1.165, 1.54) is 0 Å². The molecule has 0 aliphatic heterocycles. The van der Waals surface area contributed by atoms with Crippen LogP contribution in [0.15, 0.2) is 140 Å². The van der Waals surface area contributed by atoms with Crippen molar-refractivity contribution >= 4 is 0 Å². The third-order valence-corrected chi connectivity index (χ3v) is 6.22. The lowest BCUT2D eigenvalue weighted by molar-refractivity contribution is -0.734. The maximum atomic E-state index is 5.97. The Morgan fingerprint density at radius 1 is 0.550 bits per heavy atom. The minimum absolute atomic E-state index is 0. The van der Waals surface area contributed by atoms with E-state index in [2.05, 4.69) is 24.3 Å². The van der Waals surface area contributed by atoms with E-state index >= 15 is 0 Å². The average molecular weight is 547 g/mol. The predicted molar refractivity (Wildman–Crippen MR) is 150 cm³/mol. The molecule has 0 aliphatic rings. The van der Waals surface area contributed by atoms with Gasteiger partial charge in [0.05, 0.1) is 10.7 Å². The van der Waals surface area contributed by atoms with Crippen molar-refractivity contribution in [1.29, 1.82) is 0 Å². The molecule has 0 amide bonds. The van der Waals surface area contributed by atoms with E-state index in [-0.39, 0.29) is 12.4 Å². The molecule has 0 N–H and O–H groups in total. The molecule has 0 saturated heterocycles. The number of hydrogen-bond donors (Lipinski definition) is 0. The third kappa shape index (κ3) is 6.37. The molecule has 0 aliphatic carbocycles. The van der Waals surface area contributed by atoms with E-state index < -0.39 is 0 Å². The number of nitrogens with zero attached hydrogens (tertiary/aromatic N) is 4. The molecule has 6 aromatic rings. The highest BCUT2D eigenvalue weighted by Gasteiger charge is 2.23. The molecular formula is C33H27ClN4O2. The molecule has 0 bridgehead atoms. The summed E-state index contributed by atoms with van der Waals surface area (Å²) >= 11 is 0. The molecule has 0 spiro atoms. The Morgan fingerprint density at radius 3 is 1.55 bits per heavy atom. The first kappa shape index (κ1) is 26.7. The first-order valence-electron chi connectivity index (χ1n) is 12.8. The zero-order valence-corrected chi connectivity index (χ0v) is 22.4. The molecule has 5 aromatic carbocycles. The summed E-state index contributed by atoms with van der Waals surface area (Å²) in [7, 11) is 0. The maximum Gasteiger partial charge on any atom is 0.340 e. The second-order valence-corrected chi connectivity index (χ2v) is 9.00. The summed E-state index contributed by atoms with van der Waals surface area (Å²) in [6, 6.07) is 46.0. The van der Waals surface area contributed by atoms with Crippen molar-refractivity contribution in [2.45, 2.75) is 13.2 Å². The van der Waals surface area contributed by atoms with Crippen LogP contribution < -0.4 is 26.7 Å². The van der Waals surface area contributed by atoms with Crippen LogP contribution in [-0.2, 0) is 13.2 Å². The van der Waals surface area contributed by atoms with Gasteiger partial charge in [0.15, 0.2) is 5.69 Å². The lowest BCUT2D eigenvalue weighted by atomic mass is 10.2. The highest BCUT2D eigenvalue weighted by atomic mass is 35.5. The quantitative estimate of drug-likeness (QED) is 0.261. The normalized spacial score (nSPS) is 10.5. The number of ether oxygens (including phenoxy) is 2. The summed E-state index contributed by atoms with van der Waals surface area (Å²) < 4.78 is 11.9. The van der Waals surface area contributed by atoms with Crippen molar-refractivity contribution in [3.63, 3.8) is 0 Å². The fourth-order valence-corrected chi connectivity index (χ4v) is 4.15. The van der Waals surface area contributed by atoms with Gasteiger partial charge in [0, 0.05) is 4.80 Å². The Balaban J connectivity index is 0.00000323. The first-order valence-corrected chi connectivity index (χ1v) is 12.8. The molecule has 6 nitrogen and oxygen atoms in total. The van der Waals surface area contributed by atoms with E-state index in [4.69, 9.17) is 19.7 Å². The number of aromatic nitrogens is 4. The van der Waals surface area contributed by atoms with Gasteiger partial charge < -0.3 is 21.9 Å². The molecule has 7 heteroatoms. The lowest BCUT2D eigenvalue weighted by Gasteiger charge is -2.06. The summed E-state index contributed by atoms with van der Waals surface area (Å²) in [5, 5.41) is 9.71. The third-order valence-electron chi connectivity index (χ3n) is 6.22. The number of benzene rings is 5. The monoisotopic (exact) mass is 546 g/mol. The van der Waals surface area contributed by atoms with Crippen molar-refractivity contribution in [1.82, 2.24) is 15.0 Å². The molecule has 0 atom stereocenters. The van der Waals surface area contributed by atoms with Crippen LogP contribution in [0.1, 0.15) is 11.1 Å². The van der Waals surface area contributed by atoms with Gasteiger partial charge in [-0.25, -0.2) is 0 Å². The fourth-order valence-electron chi connectivity index (χ4n) is 4.15. The van der Waals surface area contributed by atoms with E-state index in [1.807, 2.05) is 115 Å². The number of rotatable bonds is 9. The summed E-state index contributed by atoms with van der Waals surface area (Å²) in [4.78, 5) is 3.60. The second-order valence-electron chi connectivity index (χ2n) is 9.00. The van der Waals surface area contributed by atoms with Gasteiger partial charge >= 0.3 is 5.82 Å². The Labute approximate surface area is 239 Å². The SMILES string of the molecule is [Cl-].c1ccc(COc2ccc(-c3nn(-c4ccccc4)[n+](-c4ccc(OCc5ccccc5)cc4)n3)cc2)cc1. The fraction of sp³-hybridized carbons (Fsp3) is 0.0606. The van der Waals surface area contributed by atoms with Gasteiger partial charge in [0.1, 0.15) is 30.4 Å². The summed E-state index contributed by atoms with van der Waals surface area (Å²) in [5.74, 6) is 2.20. The van der Waals surface area contributed by atoms with Crippen LogP contribution >= 0.6 is 0 Å². The molecule has 1 aromatic heterocycles. The van der Waals surface area contributed by atoms with Crippen molar-refractivity contribution in [2.24, 2.45) is 0 Å². The minimum Gasteiger partial charge on any atom is -1.00 e. The highest BCUT2D eigenvalue weighted by molar-refractivity contribution is 5.55. The van der Waals surface area contributed by atoms with Gasteiger partial charge in [-0.05, 0) is 81.7 Å². The van der Waals surface area contributed by atoms with E-state index in [0.717, 1.165) is 39.6 Å². The van der Waals surface area contributed by atoms with Crippen LogP contribution in [0.2, 0.25) is 0 Å². The van der Waals surface area contributed by atoms with Crippen LogP contribution in [-0.4, -0.2) is 15.0 Å². The topological polar surface area (TPSA) is 53.0 Å². The van der Waals surface area contributed by atoms with Gasteiger partial charge in [0.2, 0.25) is 0 Å². The molecule has 1 heterocycles. The molecular weight excluding hydrogens is 520 g/mol. The molecule has 0 unspecified atom stereocenters. The zero-order valence-electron chi connectivity index (χ0n) is 21.7. The highest BCUT2D eigenvalue weighted by Crippen LogP contribution is 2.21. The van der Waals surface area contributed by atoms with E-state index in [9.17, 15) is 0 Å². The van der Waals surface area contributed by atoms with Crippen LogP contribution in [0.5, 0.6) is 11.5 Å². The molecule has 0 radical (unpaired) electrons. The molecule has 0 saturated carbocycles. The lowest BCUT2D eigenvalue weighted by Crippen LogP contribution is -3.00. The largest absolute Gasteiger partial charge is 1.00 e. The standard InChI is InChI=1S/C33H27N4O2.ClH/c1-4-10-26(11-5-1)24-38-31-20-16-28(17-21-31)33-34-36(29-14-8-3-9-15-29)37(35-33)30-18-22-32(23-19-30)39-25-27-12-6-2-7-13-27;/h1-23H,24-25H2;1H/q+1;/p-1. The smallest absolute Gasteiger partial charge is 0.340 e. The van der Waals surface area contributed by atoms with Gasteiger partial charge in [-0.3, -0.25) is 0 Å². The summed E-state index contributed by atoms with van der Waals surface area (Å²) in [6.45, 7) is 1.04. The van der Waals surface area contributed by atoms with Crippen LogP contribution in [0.3, 0.4) is 0 Å². The Hall–Kier alpha value is -4.94. The first-order chi connectivity index (χ1) is 19.3.